The fourth-order valence-corrected chi connectivity index (χ4v) is 3.95. The quantitative estimate of drug-likeness (QED) is 0.281. The Bertz CT molecular complexity index is 970. The number of halogens is 3. The lowest BCUT2D eigenvalue weighted by molar-refractivity contribution is -0.433. The summed E-state index contributed by atoms with van der Waals surface area (Å²) in [5.41, 5.74) is -3.98. The molecule has 33 heavy (non-hydrogen) atoms. The first kappa shape index (κ1) is 25.6. The molecule has 0 aliphatic carbocycles. The number of alkyl halides is 3. The highest BCUT2D eigenvalue weighted by Crippen LogP contribution is 2.38. The molecule has 1 aliphatic heterocycles. The molecule has 3 rings (SSSR count). The van der Waals surface area contributed by atoms with E-state index in [1.807, 2.05) is 30.3 Å². The van der Waals surface area contributed by atoms with E-state index in [-0.39, 0.29) is 26.1 Å². The van der Waals surface area contributed by atoms with Gasteiger partial charge in [-0.3, -0.25) is 4.18 Å². The van der Waals surface area contributed by atoms with E-state index in [0.29, 0.717) is 12.2 Å². The molecule has 0 bridgehead atoms. The van der Waals surface area contributed by atoms with Crippen LogP contribution in [0.5, 0.6) is 0 Å². The molecule has 0 aromatic heterocycles. The maximum absolute atomic E-state index is 12.9. The molecule has 0 amide bonds. The molecule has 0 N–H and O–H groups in total. The third-order valence-electron chi connectivity index (χ3n) is 4.99. The van der Waals surface area contributed by atoms with Crippen molar-refractivity contribution in [2.45, 2.75) is 49.7 Å². The second-order valence-corrected chi connectivity index (χ2v) is 8.95. The van der Waals surface area contributed by atoms with E-state index >= 15 is 0 Å². The average molecular weight is 490 g/mol. The van der Waals surface area contributed by atoms with Crippen molar-refractivity contribution < 1.29 is 44.7 Å². The Morgan fingerprint density at radius 2 is 1.55 bits per heavy atom. The van der Waals surface area contributed by atoms with Crippen LogP contribution in [0.1, 0.15) is 24.0 Å². The van der Waals surface area contributed by atoms with Crippen molar-refractivity contribution in [2.24, 2.45) is 0 Å². The Morgan fingerprint density at radius 3 is 2.09 bits per heavy atom. The molecule has 0 saturated carbocycles. The molecule has 1 aliphatic rings. The van der Waals surface area contributed by atoms with Gasteiger partial charge >= 0.3 is 21.6 Å². The summed E-state index contributed by atoms with van der Waals surface area (Å²) in [4.78, 5) is 0. The molecule has 3 atom stereocenters. The maximum Gasteiger partial charge on any atom is 0.523 e. The monoisotopic (exact) mass is 490 g/mol. The summed E-state index contributed by atoms with van der Waals surface area (Å²) in [6.45, 7) is 0.277. The average Bonchev–Trinajstić information content (AvgIpc) is 2.79. The molecular formula is C22H25F3O7S. The van der Waals surface area contributed by atoms with E-state index in [9.17, 15) is 21.6 Å². The molecule has 1 fully saturated rings. The predicted octanol–water partition coefficient (Wildman–Crippen LogP) is 4.13. The summed E-state index contributed by atoms with van der Waals surface area (Å²) < 4.78 is 89.2. The first-order valence-corrected chi connectivity index (χ1v) is 11.6. The van der Waals surface area contributed by atoms with E-state index in [1.54, 1.807) is 30.3 Å². The lowest BCUT2D eigenvalue weighted by atomic mass is 10.0. The summed E-state index contributed by atoms with van der Waals surface area (Å²) in [7, 11) is -4.76. The van der Waals surface area contributed by atoms with Crippen molar-refractivity contribution in [3.63, 3.8) is 0 Å². The molecule has 2 aromatic rings. The highest BCUT2D eigenvalue weighted by molar-refractivity contribution is 7.87. The van der Waals surface area contributed by atoms with Crippen LogP contribution in [0.4, 0.5) is 13.2 Å². The van der Waals surface area contributed by atoms with Crippen LogP contribution in [0.25, 0.3) is 0 Å². The van der Waals surface area contributed by atoms with Crippen molar-refractivity contribution in [3.8, 4) is 0 Å². The second-order valence-electron chi connectivity index (χ2n) is 7.38. The van der Waals surface area contributed by atoms with Gasteiger partial charge in [0.25, 0.3) is 0 Å². The summed E-state index contributed by atoms with van der Waals surface area (Å²) in [6.07, 6.45) is -2.26. The van der Waals surface area contributed by atoms with Gasteiger partial charge < -0.3 is 18.9 Å². The van der Waals surface area contributed by atoms with Gasteiger partial charge in [0, 0.05) is 7.11 Å². The van der Waals surface area contributed by atoms with E-state index in [0.717, 1.165) is 12.7 Å². The summed E-state index contributed by atoms with van der Waals surface area (Å²) in [5, 5.41) is 0. The largest absolute Gasteiger partial charge is 0.523 e. The van der Waals surface area contributed by atoms with Gasteiger partial charge in [0.05, 0.1) is 25.9 Å². The Hall–Kier alpha value is -2.02. The van der Waals surface area contributed by atoms with Crippen LogP contribution in [0, 0.1) is 0 Å². The number of ether oxygens (including phenoxy) is 4. The van der Waals surface area contributed by atoms with Crippen LogP contribution in [0.3, 0.4) is 0 Å². The molecule has 1 saturated heterocycles. The van der Waals surface area contributed by atoms with Gasteiger partial charge in [-0.2, -0.15) is 21.6 Å². The summed E-state index contributed by atoms with van der Waals surface area (Å²) >= 11 is 0. The van der Waals surface area contributed by atoms with Crippen LogP contribution in [-0.4, -0.2) is 45.8 Å². The molecule has 11 heteroatoms. The van der Waals surface area contributed by atoms with Crippen LogP contribution < -0.4 is 0 Å². The topological polar surface area (TPSA) is 80.3 Å². The minimum absolute atomic E-state index is 0.0907. The number of rotatable bonds is 10. The zero-order valence-electron chi connectivity index (χ0n) is 17.9. The fourth-order valence-electron chi connectivity index (χ4n) is 3.32. The number of benzene rings is 2. The van der Waals surface area contributed by atoms with Crippen LogP contribution in [0.2, 0.25) is 0 Å². The molecule has 7 nitrogen and oxygen atoms in total. The van der Waals surface area contributed by atoms with Gasteiger partial charge in [0.15, 0.2) is 6.10 Å². The van der Waals surface area contributed by atoms with Crippen LogP contribution in [0.15, 0.2) is 60.7 Å². The second kappa shape index (κ2) is 10.9. The van der Waals surface area contributed by atoms with Crippen molar-refractivity contribution in [3.05, 3.63) is 71.8 Å². The lowest BCUT2D eigenvalue weighted by Crippen LogP contribution is -2.57. The number of methoxy groups -OCH3 is 1. The fraction of sp³-hybridized carbons (Fsp3) is 0.455. The van der Waals surface area contributed by atoms with Gasteiger partial charge in [0.1, 0.15) is 0 Å². The van der Waals surface area contributed by atoms with Crippen molar-refractivity contribution >= 4 is 10.1 Å². The van der Waals surface area contributed by atoms with Gasteiger partial charge in [0.2, 0.25) is 0 Å². The van der Waals surface area contributed by atoms with Crippen molar-refractivity contribution in [2.75, 3.05) is 13.7 Å². The summed E-state index contributed by atoms with van der Waals surface area (Å²) in [5.74, 6) is -2.19. The minimum atomic E-state index is -5.90. The zero-order chi connectivity index (χ0) is 24.0. The predicted molar refractivity (Wildman–Crippen MR) is 111 cm³/mol. The van der Waals surface area contributed by atoms with Gasteiger partial charge in [-0.05, 0) is 24.0 Å². The molecule has 0 spiro atoms. The highest BCUT2D eigenvalue weighted by atomic mass is 32.2. The van der Waals surface area contributed by atoms with E-state index in [2.05, 4.69) is 4.18 Å². The van der Waals surface area contributed by atoms with Crippen LogP contribution >= 0.6 is 0 Å². The normalized spacial score (nSPS) is 24.0. The van der Waals surface area contributed by atoms with Crippen molar-refractivity contribution in [1.29, 1.82) is 0 Å². The molecule has 3 unspecified atom stereocenters. The smallest absolute Gasteiger partial charge is 0.374 e. The lowest BCUT2D eigenvalue weighted by Gasteiger charge is -2.43. The van der Waals surface area contributed by atoms with Crippen molar-refractivity contribution in [1.82, 2.24) is 0 Å². The Balaban J connectivity index is 1.73. The number of hydrogen-bond donors (Lipinski definition) is 0. The van der Waals surface area contributed by atoms with E-state index in [4.69, 9.17) is 18.9 Å². The van der Waals surface area contributed by atoms with E-state index in [1.165, 1.54) is 0 Å². The van der Waals surface area contributed by atoms with Gasteiger partial charge in [-0.15, -0.1) is 0 Å². The highest BCUT2D eigenvalue weighted by Gasteiger charge is 2.56. The Kier molecular flexibility index (Phi) is 8.48. The van der Waals surface area contributed by atoms with Crippen LogP contribution in [-0.2, 0) is 46.5 Å². The third kappa shape index (κ3) is 6.75. The molecular weight excluding hydrogens is 465 g/mol. The minimum Gasteiger partial charge on any atom is -0.374 e. The molecule has 1 heterocycles. The molecule has 2 aromatic carbocycles. The third-order valence-corrected chi connectivity index (χ3v) is 6.04. The SMILES string of the molecule is COC1(OCc2ccccc2)OC(COCc2ccccc2)CCC1OS(=O)(=O)C(F)(F)F. The van der Waals surface area contributed by atoms with E-state index < -0.39 is 33.8 Å². The first-order chi connectivity index (χ1) is 15.7. The summed E-state index contributed by atoms with van der Waals surface area (Å²) in [6, 6.07) is 18.1. The van der Waals surface area contributed by atoms with Gasteiger partial charge in [-0.1, -0.05) is 60.7 Å². The molecule has 182 valence electrons. The maximum atomic E-state index is 12.9. The number of hydrogen-bond acceptors (Lipinski definition) is 7. The Morgan fingerprint density at radius 1 is 0.970 bits per heavy atom. The first-order valence-electron chi connectivity index (χ1n) is 10.2. The standard InChI is InChI=1S/C22H25F3O7S/c1-28-21(30-15-18-10-6-3-7-11-18)20(32-33(26,27)22(23,24)25)13-12-19(31-21)16-29-14-17-8-4-2-5-9-17/h2-11,19-20H,12-16H2,1H3. The zero-order valence-corrected chi connectivity index (χ0v) is 18.7. The Labute approximate surface area is 190 Å². The molecule has 0 radical (unpaired) electrons. The van der Waals surface area contributed by atoms with Gasteiger partial charge in [-0.25, -0.2) is 0 Å².